The molecule has 1 saturated carbocycles. The van der Waals surface area contributed by atoms with Gasteiger partial charge in [0.05, 0.1) is 10.9 Å². The van der Waals surface area contributed by atoms with Crippen molar-refractivity contribution in [1.82, 2.24) is 20.5 Å². The summed E-state index contributed by atoms with van der Waals surface area (Å²) in [7, 11) is 2.02. The Morgan fingerprint density at radius 2 is 1.82 bits per heavy atom. The van der Waals surface area contributed by atoms with Crippen molar-refractivity contribution in [2.75, 3.05) is 26.4 Å². The number of benzene rings is 1. The molecule has 5 rings (SSSR count). The van der Waals surface area contributed by atoms with E-state index in [0.29, 0.717) is 33.2 Å². The van der Waals surface area contributed by atoms with Crippen molar-refractivity contribution >= 4 is 35.2 Å². The van der Waals surface area contributed by atoms with Crippen LogP contribution in [0.15, 0.2) is 21.8 Å². The molecule has 1 aromatic heterocycles. The maximum atomic E-state index is 13.2. The number of hydrogen-bond donors (Lipinski definition) is 3. The zero-order valence-electron chi connectivity index (χ0n) is 23.6. The van der Waals surface area contributed by atoms with Gasteiger partial charge in [0.1, 0.15) is 0 Å². The summed E-state index contributed by atoms with van der Waals surface area (Å²) in [6, 6.07) is 3.65. The van der Waals surface area contributed by atoms with Crippen molar-refractivity contribution in [3.8, 4) is 11.5 Å². The number of thioether (sulfide) groups is 1. The number of carbonyl (C=O) groups excluding carboxylic acids is 2. The summed E-state index contributed by atoms with van der Waals surface area (Å²) in [6.07, 6.45) is 5.29. The summed E-state index contributed by atoms with van der Waals surface area (Å²) in [5.74, 6) is 0.00973. The van der Waals surface area contributed by atoms with Crippen LogP contribution >= 0.6 is 23.4 Å². The van der Waals surface area contributed by atoms with Gasteiger partial charge in [0.25, 0.3) is 17.3 Å². The Hall–Kier alpha value is -2.69. The number of likely N-dealkylation sites (tertiary alicyclic amines) is 1. The van der Waals surface area contributed by atoms with Crippen molar-refractivity contribution in [2.45, 2.75) is 69.7 Å². The topological polar surface area (TPSA) is 113 Å². The van der Waals surface area contributed by atoms with Crippen molar-refractivity contribution < 1.29 is 19.1 Å². The van der Waals surface area contributed by atoms with Gasteiger partial charge in [-0.15, -0.1) is 11.8 Å². The number of aryl methyl sites for hydroxylation is 1. The third kappa shape index (κ3) is 5.58. The van der Waals surface area contributed by atoms with E-state index in [4.69, 9.17) is 21.1 Å². The van der Waals surface area contributed by atoms with Crippen LogP contribution in [0.3, 0.4) is 0 Å². The monoisotopic (exact) mass is 588 g/mol. The van der Waals surface area contributed by atoms with E-state index in [1.807, 2.05) is 40.1 Å². The molecule has 3 N–H and O–H groups in total. The Bertz CT molecular complexity index is 1380. The number of H-pyrrole nitrogens is 1. The molecule has 40 heavy (non-hydrogen) atoms. The quantitative estimate of drug-likeness (QED) is 0.419. The normalized spacial score (nSPS) is 24.4. The summed E-state index contributed by atoms with van der Waals surface area (Å²) in [5.41, 5.74) is 2.07. The number of aromatic amines is 1. The van der Waals surface area contributed by atoms with Gasteiger partial charge < -0.3 is 30.0 Å². The second-order valence-electron chi connectivity index (χ2n) is 11.4. The molecular formula is C29H37ClN4O5S. The van der Waals surface area contributed by atoms with Crippen LogP contribution in [0.4, 0.5) is 0 Å². The van der Waals surface area contributed by atoms with E-state index in [0.717, 1.165) is 49.4 Å². The number of carbonyl (C=O) groups is 2. The molecule has 2 amide bonds. The molecule has 0 spiro atoms. The molecule has 0 bridgehead atoms. The number of amides is 2. The van der Waals surface area contributed by atoms with E-state index in [9.17, 15) is 14.4 Å². The van der Waals surface area contributed by atoms with Crippen molar-refractivity contribution in [3.63, 3.8) is 0 Å². The van der Waals surface area contributed by atoms with E-state index in [-0.39, 0.29) is 41.8 Å². The average Bonchev–Trinajstić information content (AvgIpc) is 3.27. The van der Waals surface area contributed by atoms with Crippen LogP contribution in [0.2, 0.25) is 5.02 Å². The number of aromatic nitrogens is 1. The standard InChI is InChI=1S/C29H37ClN4O5S/c1-15-10-23(40-5)21(28(37)32-15)12-31-27(36)20-11-22(30)25-24(16(20)2)38-29(3,39-25)18-6-8-19(9-7-18)33-26(35)17-13-34(4)14-17/h10-11,17-19H,6-9,12-14H2,1-5H3,(H,31,36)(H,32,37)(H,33,35). The van der Waals surface area contributed by atoms with Crippen LogP contribution < -0.4 is 25.7 Å². The first-order valence-corrected chi connectivity index (χ1v) is 15.3. The molecule has 1 aromatic carbocycles. The third-order valence-corrected chi connectivity index (χ3v) is 9.50. The first-order chi connectivity index (χ1) is 19.0. The molecule has 3 heterocycles. The van der Waals surface area contributed by atoms with E-state index in [1.54, 1.807) is 6.07 Å². The highest BCUT2D eigenvalue weighted by Gasteiger charge is 2.47. The van der Waals surface area contributed by atoms with Gasteiger partial charge in [-0.1, -0.05) is 11.6 Å². The fourth-order valence-electron chi connectivity index (χ4n) is 5.99. The second-order valence-corrected chi connectivity index (χ2v) is 12.7. The van der Waals surface area contributed by atoms with Gasteiger partial charge >= 0.3 is 0 Å². The first-order valence-electron chi connectivity index (χ1n) is 13.7. The summed E-state index contributed by atoms with van der Waals surface area (Å²) < 4.78 is 12.8. The highest BCUT2D eigenvalue weighted by atomic mass is 35.5. The van der Waals surface area contributed by atoms with Crippen LogP contribution in [0.5, 0.6) is 11.5 Å². The zero-order valence-corrected chi connectivity index (χ0v) is 25.2. The summed E-state index contributed by atoms with van der Waals surface area (Å²) in [4.78, 5) is 44.0. The van der Waals surface area contributed by atoms with Gasteiger partial charge in [0.15, 0.2) is 11.5 Å². The lowest BCUT2D eigenvalue weighted by molar-refractivity contribution is -0.132. The van der Waals surface area contributed by atoms with Gasteiger partial charge in [-0.25, -0.2) is 0 Å². The van der Waals surface area contributed by atoms with Gasteiger partial charge in [0, 0.05) is 65.8 Å². The Labute approximate surface area is 243 Å². The van der Waals surface area contributed by atoms with Crippen LogP contribution in [0.1, 0.15) is 59.8 Å². The summed E-state index contributed by atoms with van der Waals surface area (Å²) in [6.45, 7) is 7.29. The molecule has 2 fully saturated rings. The minimum atomic E-state index is -0.917. The van der Waals surface area contributed by atoms with Crippen LogP contribution in [0, 0.1) is 25.7 Å². The number of rotatable bonds is 7. The van der Waals surface area contributed by atoms with Crippen LogP contribution in [0.25, 0.3) is 0 Å². The van der Waals surface area contributed by atoms with Crippen molar-refractivity contribution in [1.29, 1.82) is 0 Å². The van der Waals surface area contributed by atoms with E-state index in [2.05, 4.69) is 20.5 Å². The first kappa shape index (κ1) is 28.8. The SMILES string of the molecule is CSc1cc(C)[nH]c(=O)c1CNC(=O)c1cc(Cl)c2c(c1C)OC(C)(C1CCC(NC(=O)C3CN(C)C3)CC1)O2. The number of nitrogens with zero attached hydrogens (tertiary/aromatic N) is 1. The Kier molecular flexibility index (Phi) is 8.14. The highest BCUT2D eigenvalue weighted by Crippen LogP contribution is 2.51. The molecule has 2 aliphatic heterocycles. The van der Waals surface area contributed by atoms with Crippen LogP contribution in [-0.2, 0) is 11.3 Å². The molecule has 2 aromatic rings. The molecule has 1 aliphatic carbocycles. The molecule has 216 valence electrons. The third-order valence-electron chi connectivity index (χ3n) is 8.42. The second kappa shape index (κ2) is 11.3. The van der Waals surface area contributed by atoms with Crippen LogP contribution in [-0.4, -0.2) is 59.9 Å². The number of fused-ring (bicyclic) bond motifs is 1. The Balaban J connectivity index is 1.24. The van der Waals surface area contributed by atoms with Gasteiger partial charge in [0.2, 0.25) is 5.91 Å². The van der Waals surface area contributed by atoms with E-state index >= 15 is 0 Å². The Morgan fingerprint density at radius 1 is 1.15 bits per heavy atom. The highest BCUT2D eigenvalue weighted by molar-refractivity contribution is 7.98. The number of nitrogens with one attached hydrogen (secondary N) is 3. The molecule has 0 radical (unpaired) electrons. The lowest BCUT2D eigenvalue weighted by Gasteiger charge is -2.39. The average molecular weight is 589 g/mol. The minimum Gasteiger partial charge on any atom is -0.448 e. The molecular weight excluding hydrogens is 552 g/mol. The van der Waals surface area contributed by atoms with E-state index < -0.39 is 5.79 Å². The fourth-order valence-corrected chi connectivity index (χ4v) is 6.93. The number of hydrogen-bond acceptors (Lipinski definition) is 7. The largest absolute Gasteiger partial charge is 0.448 e. The molecule has 1 unspecified atom stereocenters. The number of pyridine rings is 1. The van der Waals surface area contributed by atoms with Crippen molar-refractivity contribution in [3.05, 3.63) is 49.9 Å². The smallest absolute Gasteiger partial charge is 0.254 e. The zero-order chi connectivity index (χ0) is 28.8. The van der Waals surface area contributed by atoms with Gasteiger partial charge in [-0.05, 0) is 65.0 Å². The van der Waals surface area contributed by atoms with Gasteiger partial charge in [-0.3, -0.25) is 14.4 Å². The predicted octanol–water partition coefficient (Wildman–Crippen LogP) is 4.02. The lowest BCUT2D eigenvalue weighted by atomic mass is 9.81. The lowest BCUT2D eigenvalue weighted by Crippen LogP contribution is -2.54. The number of ether oxygens (including phenoxy) is 2. The maximum absolute atomic E-state index is 13.2. The molecule has 3 aliphatic rings. The Morgan fingerprint density at radius 3 is 2.48 bits per heavy atom. The fraction of sp³-hybridized carbons (Fsp3) is 0.552. The minimum absolute atomic E-state index is 0.0884. The maximum Gasteiger partial charge on any atom is 0.254 e. The molecule has 11 heteroatoms. The summed E-state index contributed by atoms with van der Waals surface area (Å²) >= 11 is 8.07. The van der Waals surface area contributed by atoms with Gasteiger partial charge in [-0.2, -0.15) is 0 Å². The predicted molar refractivity (Wildman–Crippen MR) is 155 cm³/mol. The summed E-state index contributed by atoms with van der Waals surface area (Å²) in [5, 5.41) is 6.39. The van der Waals surface area contributed by atoms with Crippen molar-refractivity contribution in [2.24, 2.45) is 11.8 Å². The molecule has 9 nitrogen and oxygen atoms in total. The molecule has 1 atom stereocenters. The molecule has 1 saturated heterocycles. The number of halogens is 1. The van der Waals surface area contributed by atoms with E-state index in [1.165, 1.54) is 11.8 Å².